The van der Waals surface area contributed by atoms with Gasteiger partial charge in [0.05, 0.1) is 11.4 Å². The van der Waals surface area contributed by atoms with Crippen LogP contribution in [0.1, 0.15) is 16.7 Å². The van der Waals surface area contributed by atoms with E-state index in [1.165, 1.54) is 6.07 Å². The summed E-state index contributed by atoms with van der Waals surface area (Å²) in [5.74, 6) is -1.03. The molecule has 7 heteroatoms. The first-order valence-electron chi connectivity index (χ1n) is 9.32. The Balaban J connectivity index is 1.61. The molecule has 2 amide bonds. The molecule has 0 saturated heterocycles. The summed E-state index contributed by atoms with van der Waals surface area (Å²) in [6.45, 7) is 0.0467. The average Bonchev–Trinajstić information content (AvgIpc) is 2.90. The van der Waals surface area contributed by atoms with Crippen molar-refractivity contribution in [2.45, 2.75) is 12.8 Å². The Morgan fingerprint density at radius 1 is 0.967 bits per heavy atom. The summed E-state index contributed by atoms with van der Waals surface area (Å²) in [7, 11) is 0. The van der Waals surface area contributed by atoms with E-state index in [2.05, 4.69) is 15.6 Å². The number of para-hydroxylation sites is 1. The number of anilines is 1. The number of rotatable bonds is 4. The second kappa shape index (κ2) is 8.57. The summed E-state index contributed by atoms with van der Waals surface area (Å²) in [4.78, 5) is 29.3. The van der Waals surface area contributed by atoms with Crippen molar-refractivity contribution in [2.75, 3.05) is 5.32 Å². The number of hydrogen-bond donors (Lipinski definition) is 2. The fourth-order valence-corrected chi connectivity index (χ4v) is 3.10. The molecule has 0 spiro atoms. The van der Waals surface area contributed by atoms with Crippen molar-refractivity contribution in [2.24, 2.45) is 4.99 Å². The largest absolute Gasteiger partial charge is 0.445 e. The summed E-state index contributed by atoms with van der Waals surface area (Å²) in [5, 5.41) is 5.17. The quantitative estimate of drug-likeness (QED) is 0.694. The van der Waals surface area contributed by atoms with Gasteiger partial charge in [0, 0.05) is 11.1 Å². The number of hydrogen-bond acceptors (Lipinski definition) is 4. The molecule has 0 aliphatic carbocycles. The van der Waals surface area contributed by atoms with Crippen LogP contribution in [0, 0.1) is 5.82 Å². The van der Waals surface area contributed by atoms with Gasteiger partial charge in [-0.1, -0.05) is 60.7 Å². The van der Waals surface area contributed by atoms with Gasteiger partial charge in [0.1, 0.15) is 12.4 Å². The third-order valence-electron chi connectivity index (χ3n) is 4.54. The molecule has 0 saturated carbocycles. The highest BCUT2D eigenvalue weighted by molar-refractivity contribution is 6.19. The van der Waals surface area contributed by atoms with Crippen LogP contribution in [0.25, 0.3) is 0 Å². The molecule has 3 aromatic rings. The van der Waals surface area contributed by atoms with Gasteiger partial charge in [-0.3, -0.25) is 10.1 Å². The van der Waals surface area contributed by atoms with Gasteiger partial charge in [0.25, 0.3) is 5.91 Å². The number of ether oxygens (including phenoxy) is 1. The summed E-state index contributed by atoms with van der Waals surface area (Å²) >= 11 is 0. The molecule has 1 atom stereocenters. The molecule has 0 bridgehead atoms. The normalized spacial score (nSPS) is 15.3. The van der Waals surface area contributed by atoms with E-state index in [4.69, 9.17) is 4.74 Å². The average molecular weight is 403 g/mol. The van der Waals surface area contributed by atoms with Crippen LogP contribution >= 0.6 is 0 Å². The van der Waals surface area contributed by atoms with Crippen molar-refractivity contribution in [3.63, 3.8) is 0 Å². The lowest BCUT2D eigenvalue weighted by Crippen LogP contribution is -2.42. The topological polar surface area (TPSA) is 79.8 Å². The Bertz CT molecular complexity index is 1120. The Hall–Kier alpha value is -4.00. The lowest BCUT2D eigenvalue weighted by atomic mass is 10.0. The SMILES string of the molecule is O=C(N[C@H]1N=C(c2ccccc2F)c2ccccc2NC1=O)OCc1ccccc1. The van der Waals surface area contributed by atoms with Crippen molar-refractivity contribution >= 4 is 23.4 Å². The standard InChI is InChI=1S/C23H18FN3O3/c24-18-12-6-4-10-16(18)20-17-11-5-7-13-19(17)25-22(28)21(26-20)27-23(29)30-14-15-8-2-1-3-9-15/h1-13,21H,14H2,(H,25,28)(H,27,29)/t21-/m1/s1. The molecule has 150 valence electrons. The minimum absolute atomic E-state index is 0.0467. The molecule has 3 aromatic carbocycles. The predicted molar refractivity (Wildman–Crippen MR) is 111 cm³/mol. The maximum absolute atomic E-state index is 14.5. The minimum Gasteiger partial charge on any atom is -0.445 e. The lowest BCUT2D eigenvalue weighted by molar-refractivity contribution is -0.117. The minimum atomic E-state index is -1.28. The van der Waals surface area contributed by atoms with E-state index >= 15 is 0 Å². The number of halogens is 1. The number of benzodiazepines with no additional fused rings is 1. The number of benzene rings is 3. The molecule has 0 fully saturated rings. The Morgan fingerprint density at radius 3 is 2.40 bits per heavy atom. The molecule has 1 aliphatic rings. The predicted octanol–water partition coefficient (Wildman–Crippen LogP) is 3.87. The molecule has 0 unspecified atom stereocenters. The van der Waals surface area contributed by atoms with Crippen LogP contribution in [0.5, 0.6) is 0 Å². The van der Waals surface area contributed by atoms with Gasteiger partial charge in [-0.15, -0.1) is 0 Å². The van der Waals surface area contributed by atoms with E-state index < -0.39 is 24.0 Å². The van der Waals surface area contributed by atoms with E-state index in [9.17, 15) is 14.0 Å². The van der Waals surface area contributed by atoms with Crippen LogP contribution in [0.4, 0.5) is 14.9 Å². The number of amides is 2. The molecule has 1 aliphatic heterocycles. The van der Waals surface area contributed by atoms with E-state index in [-0.39, 0.29) is 17.9 Å². The van der Waals surface area contributed by atoms with Crippen molar-refractivity contribution in [3.8, 4) is 0 Å². The maximum atomic E-state index is 14.5. The number of nitrogens with zero attached hydrogens (tertiary/aromatic N) is 1. The highest BCUT2D eigenvalue weighted by Gasteiger charge is 2.28. The third-order valence-corrected chi connectivity index (χ3v) is 4.54. The number of carbonyl (C=O) groups excluding carboxylic acids is 2. The summed E-state index contributed by atoms with van der Waals surface area (Å²) in [6.07, 6.45) is -2.09. The molecular weight excluding hydrogens is 385 g/mol. The Morgan fingerprint density at radius 2 is 1.63 bits per heavy atom. The number of carbonyl (C=O) groups is 2. The van der Waals surface area contributed by atoms with Gasteiger partial charge in [0.15, 0.2) is 0 Å². The number of nitrogens with one attached hydrogen (secondary N) is 2. The van der Waals surface area contributed by atoms with Gasteiger partial charge in [-0.25, -0.2) is 14.2 Å². The van der Waals surface area contributed by atoms with E-state index in [1.54, 1.807) is 42.5 Å². The Kier molecular flexibility index (Phi) is 5.52. The van der Waals surface area contributed by atoms with Gasteiger partial charge in [-0.05, 0) is 23.8 Å². The molecule has 6 nitrogen and oxygen atoms in total. The van der Waals surface area contributed by atoms with Crippen molar-refractivity contribution in [3.05, 3.63) is 101 Å². The molecule has 30 heavy (non-hydrogen) atoms. The van der Waals surface area contributed by atoms with Crippen LogP contribution in [0.2, 0.25) is 0 Å². The van der Waals surface area contributed by atoms with Gasteiger partial charge < -0.3 is 10.1 Å². The first kappa shape index (κ1) is 19.3. The monoisotopic (exact) mass is 403 g/mol. The highest BCUT2D eigenvalue weighted by Crippen LogP contribution is 2.25. The second-order valence-corrected chi connectivity index (χ2v) is 6.60. The fraction of sp³-hybridized carbons (Fsp3) is 0.0870. The summed E-state index contributed by atoms with van der Waals surface area (Å²) < 4.78 is 19.7. The molecule has 1 heterocycles. The summed E-state index contributed by atoms with van der Waals surface area (Å²) in [6, 6.07) is 22.2. The van der Waals surface area contributed by atoms with Crippen LogP contribution < -0.4 is 10.6 Å². The zero-order valence-corrected chi connectivity index (χ0v) is 15.8. The smallest absolute Gasteiger partial charge is 0.409 e. The van der Waals surface area contributed by atoms with Gasteiger partial charge >= 0.3 is 6.09 Å². The summed E-state index contributed by atoms with van der Waals surface area (Å²) in [5.41, 5.74) is 2.33. The number of alkyl carbamates (subject to hydrolysis) is 1. The highest BCUT2D eigenvalue weighted by atomic mass is 19.1. The molecule has 0 radical (unpaired) electrons. The van der Waals surface area contributed by atoms with Crippen LogP contribution in [-0.4, -0.2) is 23.9 Å². The molecule has 4 rings (SSSR count). The van der Waals surface area contributed by atoms with Crippen molar-refractivity contribution in [1.82, 2.24) is 5.32 Å². The van der Waals surface area contributed by atoms with Crippen molar-refractivity contribution in [1.29, 1.82) is 0 Å². The Labute approximate surface area is 172 Å². The van der Waals surface area contributed by atoms with Crippen LogP contribution in [0.15, 0.2) is 83.9 Å². The maximum Gasteiger partial charge on any atom is 0.409 e. The zero-order valence-electron chi connectivity index (χ0n) is 15.8. The van der Waals surface area contributed by atoms with E-state index in [0.29, 0.717) is 11.3 Å². The fourth-order valence-electron chi connectivity index (χ4n) is 3.10. The molecule has 2 N–H and O–H groups in total. The van der Waals surface area contributed by atoms with Gasteiger partial charge in [0.2, 0.25) is 6.17 Å². The van der Waals surface area contributed by atoms with E-state index in [1.807, 2.05) is 30.3 Å². The molecular formula is C23H18FN3O3. The van der Waals surface area contributed by atoms with Gasteiger partial charge in [-0.2, -0.15) is 0 Å². The first-order chi connectivity index (χ1) is 14.6. The number of aliphatic imine (C=N–C) groups is 1. The number of fused-ring (bicyclic) bond motifs is 1. The first-order valence-corrected chi connectivity index (χ1v) is 9.32. The third kappa shape index (κ3) is 4.20. The van der Waals surface area contributed by atoms with Crippen molar-refractivity contribution < 1.29 is 18.7 Å². The zero-order chi connectivity index (χ0) is 20.9. The van der Waals surface area contributed by atoms with Crippen LogP contribution in [0.3, 0.4) is 0 Å². The second-order valence-electron chi connectivity index (χ2n) is 6.60. The lowest BCUT2D eigenvalue weighted by Gasteiger charge is -2.13. The molecule has 0 aromatic heterocycles. The van der Waals surface area contributed by atoms with E-state index in [0.717, 1.165) is 5.56 Å². The van der Waals surface area contributed by atoms with Crippen LogP contribution in [-0.2, 0) is 16.1 Å².